The van der Waals surface area contributed by atoms with Crippen LogP contribution in [0.2, 0.25) is 0 Å². The van der Waals surface area contributed by atoms with Crippen LogP contribution < -0.4 is 24.8 Å². The molecular formula is C22H23N3O6. The van der Waals surface area contributed by atoms with Gasteiger partial charge in [0.25, 0.3) is 5.91 Å². The molecule has 0 unspecified atom stereocenters. The maximum atomic E-state index is 12.6. The highest BCUT2D eigenvalue weighted by atomic mass is 16.7. The Morgan fingerprint density at radius 2 is 1.87 bits per heavy atom. The zero-order chi connectivity index (χ0) is 21.8. The molecule has 0 radical (unpaired) electrons. The fourth-order valence-corrected chi connectivity index (χ4v) is 3.45. The third-order valence-electron chi connectivity index (χ3n) is 5.19. The molecule has 0 aliphatic carbocycles. The third-order valence-corrected chi connectivity index (χ3v) is 5.19. The number of carbonyl (C=O) groups excluding carboxylic acids is 3. The molecule has 4 amide bonds. The summed E-state index contributed by atoms with van der Waals surface area (Å²) in [4.78, 5) is 38.2. The van der Waals surface area contributed by atoms with Gasteiger partial charge in [0.1, 0.15) is 11.8 Å². The Balaban J connectivity index is 1.25. The van der Waals surface area contributed by atoms with Gasteiger partial charge in [0.05, 0.1) is 13.7 Å². The Morgan fingerprint density at radius 3 is 2.65 bits per heavy atom. The van der Waals surface area contributed by atoms with Crippen LogP contribution in [-0.2, 0) is 22.7 Å². The highest BCUT2D eigenvalue weighted by Gasteiger charge is 2.37. The molecule has 0 spiro atoms. The van der Waals surface area contributed by atoms with Crippen molar-refractivity contribution in [3.63, 3.8) is 0 Å². The van der Waals surface area contributed by atoms with Gasteiger partial charge in [-0.15, -0.1) is 0 Å². The number of fused-ring (bicyclic) bond motifs is 1. The molecule has 2 aromatic rings. The Bertz CT molecular complexity index is 991. The van der Waals surface area contributed by atoms with Crippen LogP contribution >= 0.6 is 0 Å². The van der Waals surface area contributed by atoms with Crippen LogP contribution in [0.1, 0.15) is 24.0 Å². The first-order chi connectivity index (χ1) is 15.0. The number of hydrogen-bond acceptors (Lipinski definition) is 6. The van der Waals surface area contributed by atoms with Gasteiger partial charge >= 0.3 is 6.03 Å². The van der Waals surface area contributed by atoms with Crippen molar-refractivity contribution in [1.29, 1.82) is 0 Å². The van der Waals surface area contributed by atoms with Crippen LogP contribution in [0.15, 0.2) is 42.5 Å². The van der Waals surface area contributed by atoms with E-state index in [0.717, 1.165) is 16.0 Å². The first kappa shape index (κ1) is 20.5. The molecular weight excluding hydrogens is 402 g/mol. The largest absolute Gasteiger partial charge is 0.497 e. The van der Waals surface area contributed by atoms with Crippen molar-refractivity contribution in [3.8, 4) is 17.2 Å². The lowest BCUT2D eigenvalue weighted by molar-refractivity contribution is -0.128. The smallest absolute Gasteiger partial charge is 0.325 e. The van der Waals surface area contributed by atoms with E-state index in [9.17, 15) is 14.4 Å². The van der Waals surface area contributed by atoms with E-state index in [2.05, 4.69) is 10.6 Å². The molecule has 9 heteroatoms. The van der Waals surface area contributed by atoms with Crippen LogP contribution in [0.5, 0.6) is 17.2 Å². The van der Waals surface area contributed by atoms with Gasteiger partial charge in [-0.2, -0.15) is 0 Å². The standard InChI is InChI=1S/C22H23N3O6/c1-29-16-5-2-14(3-6-16)12-25-21(27)17(24-22(25)28)7-9-20(26)23-11-15-4-8-18-19(10-15)31-13-30-18/h2-6,8,10,17H,7,9,11-13H2,1H3,(H,23,26)(H,24,28)/t17-/m1/s1. The van der Waals surface area contributed by atoms with E-state index < -0.39 is 12.1 Å². The highest BCUT2D eigenvalue weighted by Crippen LogP contribution is 2.32. The van der Waals surface area contributed by atoms with E-state index >= 15 is 0 Å². The number of ether oxygens (including phenoxy) is 3. The first-order valence-corrected chi connectivity index (χ1v) is 9.93. The van der Waals surface area contributed by atoms with Gasteiger partial charge in [0.2, 0.25) is 12.7 Å². The van der Waals surface area contributed by atoms with E-state index in [0.29, 0.717) is 23.8 Å². The number of carbonyl (C=O) groups is 3. The first-order valence-electron chi connectivity index (χ1n) is 9.93. The monoisotopic (exact) mass is 425 g/mol. The fourth-order valence-electron chi connectivity index (χ4n) is 3.45. The molecule has 1 atom stereocenters. The lowest BCUT2D eigenvalue weighted by Crippen LogP contribution is -2.32. The summed E-state index contributed by atoms with van der Waals surface area (Å²) in [6.45, 7) is 0.702. The molecule has 162 valence electrons. The minimum absolute atomic E-state index is 0.123. The number of nitrogens with one attached hydrogen (secondary N) is 2. The lowest BCUT2D eigenvalue weighted by Gasteiger charge is -2.13. The molecule has 1 saturated heterocycles. The zero-order valence-corrected chi connectivity index (χ0v) is 17.1. The van der Waals surface area contributed by atoms with E-state index in [4.69, 9.17) is 14.2 Å². The number of imide groups is 1. The van der Waals surface area contributed by atoms with Gasteiger partial charge in [0.15, 0.2) is 11.5 Å². The predicted molar refractivity (Wildman–Crippen MR) is 110 cm³/mol. The van der Waals surface area contributed by atoms with Crippen molar-refractivity contribution in [2.45, 2.75) is 32.0 Å². The van der Waals surface area contributed by atoms with Gasteiger partial charge in [-0.1, -0.05) is 18.2 Å². The molecule has 31 heavy (non-hydrogen) atoms. The van der Waals surface area contributed by atoms with Crippen LogP contribution in [-0.4, -0.2) is 42.7 Å². The Kier molecular flexibility index (Phi) is 5.92. The topological polar surface area (TPSA) is 106 Å². The van der Waals surface area contributed by atoms with E-state index in [1.165, 1.54) is 0 Å². The maximum Gasteiger partial charge on any atom is 0.325 e. The van der Waals surface area contributed by atoms with Crippen molar-refractivity contribution in [3.05, 3.63) is 53.6 Å². The molecule has 2 heterocycles. The van der Waals surface area contributed by atoms with Crippen molar-refractivity contribution in [2.24, 2.45) is 0 Å². The van der Waals surface area contributed by atoms with Gasteiger partial charge in [0, 0.05) is 13.0 Å². The zero-order valence-electron chi connectivity index (χ0n) is 17.1. The van der Waals surface area contributed by atoms with Gasteiger partial charge < -0.3 is 24.8 Å². The normalized spacial score (nSPS) is 16.9. The molecule has 2 N–H and O–H groups in total. The summed E-state index contributed by atoms with van der Waals surface area (Å²) in [5, 5.41) is 5.47. The molecule has 0 aromatic heterocycles. The SMILES string of the molecule is COc1ccc(CN2C(=O)N[C@H](CCC(=O)NCc3ccc4c(c3)OCO4)C2=O)cc1. The number of benzene rings is 2. The number of nitrogens with zero attached hydrogens (tertiary/aromatic N) is 1. The summed E-state index contributed by atoms with van der Waals surface area (Å²) in [7, 11) is 1.57. The fraction of sp³-hybridized carbons (Fsp3) is 0.318. The Hall–Kier alpha value is -3.75. The average molecular weight is 425 g/mol. The molecule has 2 aromatic carbocycles. The summed E-state index contributed by atoms with van der Waals surface area (Å²) >= 11 is 0. The van der Waals surface area contributed by atoms with E-state index in [1.54, 1.807) is 37.4 Å². The molecule has 1 fully saturated rings. The van der Waals surface area contributed by atoms with E-state index in [-0.39, 0.29) is 38.0 Å². The predicted octanol–water partition coefficient (Wildman–Crippen LogP) is 1.94. The molecule has 9 nitrogen and oxygen atoms in total. The molecule has 0 bridgehead atoms. The minimum atomic E-state index is -0.706. The average Bonchev–Trinajstić information content (AvgIpc) is 3.36. The number of hydrogen-bond donors (Lipinski definition) is 2. The van der Waals surface area contributed by atoms with Crippen molar-refractivity contribution in [2.75, 3.05) is 13.9 Å². The van der Waals surface area contributed by atoms with Crippen LogP contribution in [0, 0.1) is 0 Å². The number of methoxy groups -OCH3 is 1. The van der Waals surface area contributed by atoms with E-state index in [1.807, 2.05) is 12.1 Å². The second-order valence-corrected chi connectivity index (χ2v) is 7.28. The van der Waals surface area contributed by atoms with Crippen molar-refractivity contribution >= 4 is 17.8 Å². The van der Waals surface area contributed by atoms with Crippen LogP contribution in [0.25, 0.3) is 0 Å². The summed E-state index contributed by atoms with van der Waals surface area (Å²) in [6, 6.07) is 11.5. The molecule has 2 aliphatic rings. The summed E-state index contributed by atoms with van der Waals surface area (Å²) in [5.74, 6) is 1.51. The number of amides is 4. The van der Waals surface area contributed by atoms with Crippen LogP contribution in [0.4, 0.5) is 4.79 Å². The second-order valence-electron chi connectivity index (χ2n) is 7.28. The Morgan fingerprint density at radius 1 is 1.13 bits per heavy atom. The molecule has 0 saturated carbocycles. The quantitative estimate of drug-likeness (QED) is 0.626. The third kappa shape index (κ3) is 4.71. The summed E-state index contributed by atoms with van der Waals surface area (Å²) in [6.07, 6.45) is 0.355. The van der Waals surface area contributed by atoms with Crippen molar-refractivity contribution < 1.29 is 28.6 Å². The summed E-state index contributed by atoms with van der Waals surface area (Å²) < 4.78 is 15.7. The highest BCUT2D eigenvalue weighted by molar-refractivity contribution is 6.04. The van der Waals surface area contributed by atoms with Gasteiger partial charge in [-0.25, -0.2) is 4.79 Å². The molecule has 2 aliphatic heterocycles. The second kappa shape index (κ2) is 8.95. The van der Waals surface area contributed by atoms with Crippen LogP contribution in [0.3, 0.4) is 0 Å². The van der Waals surface area contributed by atoms with Crippen molar-refractivity contribution in [1.82, 2.24) is 15.5 Å². The maximum absolute atomic E-state index is 12.6. The number of urea groups is 1. The lowest BCUT2D eigenvalue weighted by atomic mass is 10.1. The number of rotatable bonds is 8. The molecule has 4 rings (SSSR count). The Labute approximate surface area is 179 Å². The van der Waals surface area contributed by atoms with Gasteiger partial charge in [-0.05, 0) is 41.8 Å². The summed E-state index contributed by atoms with van der Waals surface area (Å²) in [5.41, 5.74) is 1.69. The van der Waals surface area contributed by atoms with Gasteiger partial charge in [-0.3, -0.25) is 14.5 Å². The minimum Gasteiger partial charge on any atom is -0.497 e.